The molecule has 166 valence electrons. The van der Waals surface area contributed by atoms with Crippen LogP contribution >= 0.6 is 11.3 Å². The maximum Gasteiger partial charge on any atom is 0.236 e. The summed E-state index contributed by atoms with van der Waals surface area (Å²) < 4.78 is 1.24. The van der Waals surface area contributed by atoms with E-state index in [0.717, 1.165) is 69.6 Å². The van der Waals surface area contributed by atoms with E-state index in [1.54, 1.807) is 11.3 Å². The van der Waals surface area contributed by atoms with Crippen LogP contribution in [0.3, 0.4) is 0 Å². The minimum atomic E-state index is 0.291. The highest BCUT2D eigenvalue weighted by Gasteiger charge is 2.25. The molecule has 1 amide bonds. The van der Waals surface area contributed by atoms with Crippen LogP contribution in [0.5, 0.6) is 0 Å². The Morgan fingerprint density at radius 2 is 1.57 bits per heavy atom. The number of para-hydroxylation sites is 1. The molecule has 6 nitrogen and oxygen atoms in total. The maximum absolute atomic E-state index is 12.6. The normalized spacial score (nSPS) is 18.4. The van der Waals surface area contributed by atoms with Gasteiger partial charge in [-0.2, -0.15) is 0 Å². The van der Waals surface area contributed by atoms with Crippen LogP contribution in [0, 0.1) is 0 Å². The van der Waals surface area contributed by atoms with E-state index in [2.05, 4.69) is 53.7 Å². The molecule has 2 saturated heterocycles. The number of hydrogen-bond acceptors (Lipinski definition) is 6. The Labute approximate surface area is 185 Å². The molecule has 0 spiro atoms. The van der Waals surface area contributed by atoms with Gasteiger partial charge >= 0.3 is 0 Å². The SMILES string of the molecule is CCC.CCCN1CCN(C(=O)CN2CCN(c3nc4ccccc4s3)CC2)CC1. The van der Waals surface area contributed by atoms with Crippen LogP contribution < -0.4 is 4.90 Å². The summed E-state index contributed by atoms with van der Waals surface area (Å²) in [4.78, 5) is 26.6. The molecule has 0 bridgehead atoms. The molecule has 1 aromatic carbocycles. The van der Waals surface area contributed by atoms with Gasteiger partial charge in [0, 0.05) is 52.4 Å². The second-order valence-corrected chi connectivity index (χ2v) is 9.17. The average molecular weight is 432 g/mol. The highest BCUT2D eigenvalue weighted by molar-refractivity contribution is 7.22. The van der Waals surface area contributed by atoms with Crippen molar-refractivity contribution in [3.63, 3.8) is 0 Å². The molecule has 0 saturated carbocycles. The Bertz CT molecular complexity index is 746. The number of fused-ring (bicyclic) bond motifs is 1. The van der Waals surface area contributed by atoms with Gasteiger partial charge in [0.2, 0.25) is 5.91 Å². The molecule has 0 N–H and O–H groups in total. The number of nitrogens with zero attached hydrogens (tertiary/aromatic N) is 5. The maximum atomic E-state index is 12.6. The van der Waals surface area contributed by atoms with Gasteiger partial charge in [0.1, 0.15) is 0 Å². The number of thiazole rings is 1. The lowest BCUT2D eigenvalue weighted by molar-refractivity contribution is -0.134. The molecular formula is C23H37N5OS. The van der Waals surface area contributed by atoms with Crippen LogP contribution in [0.1, 0.15) is 33.6 Å². The summed E-state index contributed by atoms with van der Waals surface area (Å²) in [5.74, 6) is 0.291. The van der Waals surface area contributed by atoms with Crippen molar-refractivity contribution in [2.24, 2.45) is 0 Å². The smallest absolute Gasteiger partial charge is 0.236 e. The molecule has 2 aliphatic rings. The lowest BCUT2D eigenvalue weighted by Gasteiger charge is -2.37. The van der Waals surface area contributed by atoms with E-state index in [0.29, 0.717) is 12.5 Å². The largest absolute Gasteiger partial charge is 0.345 e. The zero-order valence-electron chi connectivity index (χ0n) is 18.8. The molecule has 0 radical (unpaired) electrons. The number of carbonyl (C=O) groups is 1. The molecule has 7 heteroatoms. The van der Waals surface area contributed by atoms with Crippen LogP contribution in [-0.2, 0) is 4.79 Å². The van der Waals surface area contributed by atoms with Crippen LogP contribution in [0.4, 0.5) is 5.13 Å². The van der Waals surface area contributed by atoms with E-state index in [-0.39, 0.29) is 0 Å². The first-order valence-electron chi connectivity index (χ1n) is 11.5. The fraction of sp³-hybridized carbons (Fsp3) is 0.652. The number of amides is 1. The summed E-state index contributed by atoms with van der Waals surface area (Å²) in [6.07, 6.45) is 2.44. The third-order valence-corrected chi connectivity index (χ3v) is 6.65. The fourth-order valence-electron chi connectivity index (χ4n) is 3.92. The quantitative estimate of drug-likeness (QED) is 0.726. The first-order chi connectivity index (χ1) is 14.6. The lowest BCUT2D eigenvalue weighted by Crippen LogP contribution is -2.53. The van der Waals surface area contributed by atoms with Crippen LogP contribution in [0.15, 0.2) is 24.3 Å². The molecular weight excluding hydrogens is 394 g/mol. The third-order valence-electron chi connectivity index (χ3n) is 5.55. The van der Waals surface area contributed by atoms with E-state index in [4.69, 9.17) is 4.98 Å². The zero-order valence-corrected chi connectivity index (χ0v) is 19.7. The minimum Gasteiger partial charge on any atom is -0.345 e. The molecule has 0 atom stereocenters. The van der Waals surface area contributed by atoms with Crippen molar-refractivity contribution >= 4 is 32.6 Å². The summed E-state index contributed by atoms with van der Waals surface area (Å²) in [7, 11) is 0. The summed E-state index contributed by atoms with van der Waals surface area (Å²) >= 11 is 1.76. The summed E-state index contributed by atoms with van der Waals surface area (Å²) in [6, 6.07) is 8.31. The van der Waals surface area contributed by atoms with Crippen molar-refractivity contribution in [1.29, 1.82) is 0 Å². The highest BCUT2D eigenvalue weighted by atomic mass is 32.1. The summed E-state index contributed by atoms with van der Waals surface area (Å²) in [5, 5.41) is 1.11. The number of piperazine rings is 2. The number of carbonyl (C=O) groups excluding carboxylic acids is 1. The van der Waals surface area contributed by atoms with Gasteiger partial charge < -0.3 is 9.80 Å². The van der Waals surface area contributed by atoms with Gasteiger partial charge in [0.25, 0.3) is 0 Å². The molecule has 2 aromatic rings. The third kappa shape index (κ3) is 6.15. The Morgan fingerprint density at radius 3 is 2.20 bits per heavy atom. The Kier molecular flexibility index (Phi) is 8.90. The second-order valence-electron chi connectivity index (χ2n) is 8.16. The van der Waals surface area contributed by atoms with Gasteiger partial charge in [0.05, 0.1) is 16.8 Å². The van der Waals surface area contributed by atoms with Gasteiger partial charge in [-0.3, -0.25) is 14.6 Å². The molecule has 3 heterocycles. The van der Waals surface area contributed by atoms with Gasteiger partial charge in [-0.25, -0.2) is 4.98 Å². The number of benzene rings is 1. The molecule has 0 aliphatic carbocycles. The van der Waals surface area contributed by atoms with Crippen molar-refractivity contribution in [2.45, 2.75) is 33.6 Å². The first kappa shape index (κ1) is 23.0. The van der Waals surface area contributed by atoms with Crippen LogP contribution in [0.25, 0.3) is 10.2 Å². The predicted molar refractivity (Wildman–Crippen MR) is 128 cm³/mol. The summed E-state index contributed by atoms with van der Waals surface area (Å²) in [6.45, 7) is 15.7. The van der Waals surface area contributed by atoms with Gasteiger partial charge in [-0.1, -0.05) is 50.7 Å². The van der Waals surface area contributed by atoms with Crippen molar-refractivity contribution in [3.05, 3.63) is 24.3 Å². The van der Waals surface area contributed by atoms with Gasteiger partial charge in [-0.15, -0.1) is 0 Å². The Balaban J connectivity index is 0.000000806. The van der Waals surface area contributed by atoms with Crippen molar-refractivity contribution in [1.82, 2.24) is 19.7 Å². The highest BCUT2D eigenvalue weighted by Crippen LogP contribution is 2.29. The number of anilines is 1. The fourth-order valence-corrected chi connectivity index (χ4v) is 4.94. The van der Waals surface area contributed by atoms with Crippen molar-refractivity contribution in [3.8, 4) is 0 Å². The lowest BCUT2D eigenvalue weighted by atomic mass is 10.2. The molecule has 1 aromatic heterocycles. The topological polar surface area (TPSA) is 42.9 Å². The van der Waals surface area contributed by atoms with E-state index in [1.165, 1.54) is 17.5 Å². The van der Waals surface area contributed by atoms with Gasteiger partial charge in [0.15, 0.2) is 5.13 Å². The predicted octanol–water partition coefficient (Wildman–Crippen LogP) is 3.39. The molecule has 2 fully saturated rings. The van der Waals surface area contributed by atoms with E-state index < -0.39 is 0 Å². The number of aromatic nitrogens is 1. The standard InChI is InChI=1S/C20H29N5OS.C3H8/c1-2-7-22-8-12-24(13-9-22)19(26)16-23-10-14-25(15-11-23)20-21-17-5-3-4-6-18(17)27-20;1-3-2/h3-6H,2,7-16H2,1H3;3H2,1-2H3. The van der Waals surface area contributed by atoms with Crippen LogP contribution in [-0.4, -0.2) is 91.0 Å². The molecule has 4 rings (SSSR count). The summed E-state index contributed by atoms with van der Waals surface area (Å²) in [5.41, 5.74) is 1.08. The van der Waals surface area contributed by atoms with E-state index >= 15 is 0 Å². The average Bonchev–Trinajstić information content (AvgIpc) is 3.20. The molecule has 2 aliphatic heterocycles. The Morgan fingerprint density at radius 1 is 0.933 bits per heavy atom. The zero-order chi connectivity index (χ0) is 21.3. The molecule has 0 unspecified atom stereocenters. The van der Waals surface area contributed by atoms with Gasteiger partial charge in [-0.05, 0) is 25.1 Å². The number of rotatable bonds is 5. The second kappa shape index (κ2) is 11.6. The Hall–Kier alpha value is -1.70. The van der Waals surface area contributed by atoms with Crippen molar-refractivity contribution < 1.29 is 4.79 Å². The first-order valence-corrected chi connectivity index (χ1v) is 12.3. The molecule has 30 heavy (non-hydrogen) atoms. The minimum absolute atomic E-state index is 0.291. The van der Waals surface area contributed by atoms with Crippen LogP contribution in [0.2, 0.25) is 0 Å². The van der Waals surface area contributed by atoms with E-state index in [1.807, 2.05) is 11.0 Å². The van der Waals surface area contributed by atoms with Crippen molar-refractivity contribution in [2.75, 3.05) is 70.3 Å². The number of hydrogen-bond donors (Lipinski definition) is 0. The monoisotopic (exact) mass is 431 g/mol. The van der Waals surface area contributed by atoms with E-state index in [9.17, 15) is 4.79 Å².